The Morgan fingerprint density at radius 3 is 2.72 bits per heavy atom. The van der Waals surface area contributed by atoms with Crippen LogP contribution in [0, 0.1) is 5.92 Å². The first-order chi connectivity index (χ1) is 12.0. The minimum Gasteiger partial charge on any atom is -0.467 e. The molecule has 1 aromatic heterocycles. The summed E-state index contributed by atoms with van der Waals surface area (Å²) in [5, 5.41) is 14.7. The number of carbonyl (C=O) groups is 2. The van der Waals surface area contributed by atoms with E-state index in [4.69, 9.17) is 4.74 Å². The highest BCUT2D eigenvalue weighted by atomic mass is 79.9. The average Bonchev–Trinajstić information content (AvgIpc) is 3.06. The zero-order valence-electron chi connectivity index (χ0n) is 14.3. The summed E-state index contributed by atoms with van der Waals surface area (Å²) in [5.41, 5.74) is 0.779. The zero-order chi connectivity index (χ0) is 18.4. The summed E-state index contributed by atoms with van der Waals surface area (Å²) in [4.78, 5) is 25.2. The Labute approximate surface area is 154 Å². The van der Waals surface area contributed by atoms with Crippen LogP contribution in [-0.2, 0) is 20.9 Å². The van der Waals surface area contributed by atoms with Crippen LogP contribution in [0.2, 0.25) is 0 Å². The van der Waals surface area contributed by atoms with Gasteiger partial charge in [-0.2, -0.15) is 4.80 Å². The lowest BCUT2D eigenvalue weighted by atomic mass is 9.99. The van der Waals surface area contributed by atoms with Crippen molar-refractivity contribution in [2.45, 2.75) is 32.9 Å². The fourth-order valence-electron chi connectivity index (χ4n) is 2.20. The van der Waals surface area contributed by atoms with E-state index in [0.717, 1.165) is 16.5 Å². The number of hydrogen-bond donors (Lipinski definition) is 1. The van der Waals surface area contributed by atoms with Crippen LogP contribution in [0.4, 0.5) is 0 Å². The zero-order valence-corrected chi connectivity index (χ0v) is 15.9. The summed E-state index contributed by atoms with van der Waals surface area (Å²) in [5.74, 6) is -0.488. The number of ether oxygens (including phenoxy) is 1. The van der Waals surface area contributed by atoms with E-state index in [-0.39, 0.29) is 18.4 Å². The second-order valence-corrected chi connectivity index (χ2v) is 6.43. The van der Waals surface area contributed by atoms with Crippen molar-refractivity contribution >= 4 is 27.8 Å². The molecule has 134 valence electrons. The predicted molar refractivity (Wildman–Crippen MR) is 94.4 cm³/mol. The van der Waals surface area contributed by atoms with Gasteiger partial charge in [-0.25, -0.2) is 4.79 Å². The summed E-state index contributed by atoms with van der Waals surface area (Å²) in [6.07, 6.45) is 0.730. The van der Waals surface area contributed by atoms with Crippen molar-refractivity contribution in [1.29, 1.82) is 0 Å². The molecule has 2 aromatic rings. The standard InChI is InChI=1S/C16H20BrN5O3/c1-4-10(2)14(16(24)25-3)18-13(23)9-22-20-15(19-21-22)11-7-5-6-8-12(11)17/h5-8,10,14H,4,9H2,1-3H3,(H,18,23)/t10-,14+/m0/s1. The van der Waals surface area contributed by atoms with Crippen LogP contribution >= 0.6 is 15.9 Å². The van der Waals surface area contributed by atoms with Crippen LogP contribution < -0.4 is 5.32 Å². The molecule has 0 bridgehead atoms. The third kappa shape index (κ3) is 4.85. The highest BCUT2D eigenvalue weighted by Gasteiger charge is 2.27. The van der Waals surface area contributed by atoms with Gasteiger partial charge < -0.3 is 10.1 Å². The summed E-state index contributed by atoms with van der Waals surface area (Å²) < 4.78 is 5.59. The van der Waals surface area contributed by atoms with Crippen LogP contribution in [0.15, 0.2) is 28.7 Å². The van der Waals surface area contributed by atoms with Gasteiger partial charge in [0.2, 0.25) is 11.7 Å². The number of amides is 1. The SMILES string of the molecule is CC[C@H](C)[C@@H](NC(=O)Cn1nnc(-c2ccccc2Br)n1)C(=O)OC. The lowest BCUT2D eigenvalue weighted by molar-refractivity contribution is -0.146. The molecule has 1 amide bonds. The quantitative estimate of drug-likeness (QED) is 0.699. The lowest BCUT2D eigenvalue weighted by Crippen LogP contribution is -2.46. The Balaban J connectivity index is 2.06. The Morgan fingerprint density at radius 2 is 2.08 bits per heavy atom. The Bertz CT molecular complexity index is 749. The van der Waals surface area contributed by atoms with Crippen molar-refractivity contribution in [2.75, 3.05) is 7.11 Å². The summed E-state index contributed by atoms with van der Waals surface area (Å²) in [6.45, 7) is 3.68. The van der Waals surface area contributed by atoms with Gasteiger partial charge in [0.25, 0.3) is 0 Å². The molecule has 0 saturated heterocycles. The Morgan fingerprint density at radius 1 is 1.36 bits per heavy atom. The number of methoxy groups -OCH3 is 1. The predicted octanol–water partition coefficient (Wildman–Crippen LogP) is 1.81. The van der Waals surface area contributed by atoms with Gasteiger partial charge >= 0.3 is 5.97 Å². The molecule has 2 atom stereocenters. The summed E-state index contributed by atoms with van der Waals surface area (Å²) in [6, 6.07) is 6.76. The molecule has 1 aromatic carbocycles. The number of aromatic nitrogens is 4. The minimum atomic E-state index is -0.700. The molecule has 25 heavy (non-hydrogen) atoms. The molecule has 2 rings (SSSR count). The van der Waals surface area contributed by atoms with E-state index in [0.29, 0.717) is 5.82 Å². The van der Waals surface area contributed by atoms with Crippen LogP contribution in [0.3, 0.4) is 0 Å². The number of halogens is 1. The van der Waals surface area contributed by atoms with Crippen molar-refractivity contribution < 1.29 is 14.3 Å². The van der Waals surface area contributed by atoms with Crippen LogP contribution in [-0.4, -0.2) is 45.2 Å². The number of carbonyl (C=O) groups excluding carboxylic acids is 2. The number of esters is 1. The molecular weight excluding hydrogens is 390 g/mol. The van der Waals surface area contributed by atoms with Crippen LogP contribution in [0.1, 0.15) is 20.3 Å². The van der Waals surface area contributed by atoms with E-state index in [1.165, 1.54) is 11.9 Å². The summed E-state index contributed by atoms with van der Waals surface area (Å²) >= 11 is 3.43. The van der Waals surface area contributed by atoms with Crippen molar-refractivity contribution in [1.82, 2.24) is 25.5 Å². The molecule has 9 heteroatoms. The van der Waals surface area contributed by atoms with Crippen LogP contribution in [0.25, 0.3) is 11.4 Å². The first-order valence-electron chi connectivity index (χ1n) is 7.86. The maximum absolute atomic E-state index is 12.2. The molecular formula is C16H20BrN5O3. The topological polar surface area (TPSA) is 99.0 Å². The number of tetrazole rings is 1. The molecule has 1 heterocycles. The molecule has 0 aliphatic rings. The molecule has 8 nitrogen and oxygen atoms in total. The largest absolute Gasteiger partial charge is 0.467 e. The second kappa shape index (κ2) is 8.70. The van der Waals surface area contributed by atoms with E-state index < -0.39 is 12.0 Å². The number of nitrogens with one attached hydrogen (secondary N) is 1. The molecule has 0 spiro atoms. The van der Waals surface area contributed by atoms with Crippen molar-refractivity contribution in [3.8, 4) is 11.4 Å². The van der Waals surface area contributed by atoms with Gasteiger partial charge in [-0.05, 0) is 23.3 Å². The van der Waals surface area contributed by atoms with Gasteiger partial charge in [0.1, 0.15) is 12.6 Å². The average molecular weight is 410 g/mol. The van der Waals surface area contributed by atoms with Crippen molar-refractivity contribution in [2.24, 2.45) is 5.92 Å². The third-order valence-corrected chi connectivity index (χ3v) is 4.53. The summed E-state index contributed by atoms with van der Waals surface area (Å²) in [7, 11) is 1.30. The fraction of sp³-hybridized carbons (Fsp3) is 0.438. The normalized spacial score (nSPS) is 13.1. The maximum Gasteiger partial charge on any atom is 0.328 e. The fourth-order valence-corrected chi connectivity index (χ4v) is 2.67. The molecule has 0 fully saturated rings. The van der Waals surface area contributed by atoms with E-state index in [2.05, 4.69) is 36.7 Å². The van der Waals surface area contributed by atoms with Gasteiger partial charge in [0.05, 0.1) is 7.11 Å². The molecule has 0 radical (unpaired) electrons. The van der Waals surface area contributed by atoms with E-state index in [1.807, 2.05) is 38.1 Å². The van der Waals surface area contributed by atoms with E-state index in [9.17, 15) is 9.59 Å². The van der Waals surface area contributed by atoms with E-state index in [1.54, 1.807) is 0 Å². The van der Waals surface area contributed by atoms with Crippen LogP contribution in [0.5, 0.6) is 0 Å². The highest BCUT2D eigenvalue weighted by molar-refractivity contribution is 9.10. The number of hydrogen-bond acceptors (Lipinski definition) is 6. The second-order valence-electron chi connectivity index (χ2n) is 5.58. The number of nitrogens with zero attached hydrogens (tertiary/aromatic N) is 4. The van der Waals surface area contributed by atoms with Gasteiger partial charge in [0, 0.05) is 10.0 Å². The maximum atomic E-state index is 12.2. The van der Waals surface area contributed by atoms with Gasteiger partial charge in [0.15, 0.2) is 0 Å². The molecule has 0 unspecified atom stereocenters. The monoisotopic (exact) mass is 409 g/mol. The third-order valence-electron chi connectivity index (χ3n) is 3.84. The minimum absolute atomic E-state index is 0.0454. The number of rotatable bonds is 7. The first kappa shape index (κ1) is 19.0. The lowest BCUT2D eigenvalue weighted by Gasteiger charge is -2.21. The number of benzene rings is 1. The van der Waals surface area contributed by atoms with Crippen molar-refractivity contribution in [3.05, 3.63) is 28.7 Å². The highest BCUT2D eigenvalue weighted by Crippen LogP contribution is 2.24. The Hall–Kier alpha value is -2.29. The molecule has 1 N–H and O–H groups in total. The van der Waals surface area contributed by atoms with E-state index >= 15 is 0 Å². The molecule has 0 aliphatic heterocycles. The Kier molecular flexibility index (Phi) is 6.63. The molecule has 0 saturated carbocycles. The van der Waals surface area contributed by atoms with Gasteiger partial charge in [-0.3, -0.25) is 4.79 Å². The van der Waals surface area contributed by atoms with Gasteiger partial charge in [-0.15, -0.1) is 10.2 Å². The molecule has 0 aliphatic carbocycles. The first-order valence-corrected chi connectivity index (χ1v) is 8.65. The van der Waals surface area contributed by atoms with Gasteiger partial charge in [-0.1, -0.05) is 48.3 Å². The van der Waals surface area contributed by atoms with Crippen molar-refractivity contribution in [3.63, 3.8) is 0 Å². The smallest absolute Gasteiger partial charge is 0.328 e.